The molecule has 0 radical (unpaired) electrons. The van der Waals surface area contributed by atoms with Gasteiger partial charge in [0.1, 0.15) is 22.3 Å². The second-order valence-corrected chi connectivity index (χ2v) is 8.50. The molecule has 0 spiro atoms. The van der Waals surface area contributed by atoms with Gasteiger partial charge in [-0.2, -0.15) is 0 Å². The summed E-state index contributed by atoms with van der Waals surface area (Å²) in [5.41, 5.74) is 11.1. The van der Waals surface area contributed by atoms with Crippen molar-refractivity contribution in [2.24, 2.45) is 5.73 Å². The fourth-order valence-electron chi connectivity index (χ4n) is 3.61. The third-order valence-electron chi connectivity index (χ3n) is 5.18. The Morgan fingerprint density at radius 3 is 2.89 bits per heavy atom. The zero-order valence-electron chi connectivity index (χ0n) is 15.7. The molecule has 0 amide bonds. The van der Waals surface area contributed by atoms with Gasteiger partial charge in [-0.25, -0.2) is 15.0 Å². The number of thiazole rings is 1. The zero-order chi connectivity index (χ0) is 19.3. The molecule has 140 valence electrons. The molecule has 3 N–H and O–H groups in total. The van der Waals surface area contributed by atoms with Crippen molar-refractivity contribution in [3.63, 3.8) is 0 Å². The largest absolute Gasteiger partial charge is 0.325 e. The maximum absolute atomic E-state index is 6.38. The summed E-state index contributed by atoms with van der Waals surface area (Å²) in [6.45, 7) is 4.08. The number of pyridine rings is 3. The average Bonchev–Trinajstić information content (AvgIpc) is 3.23. The molecule has 0 bridgehead atoms. The first kappa shape index (κ1) is 17.2. The predicted octanol–water partition coefficient (Wildman–Crippen LogP) is 4.32. The van der Waals surface area contributed by atoms with E-state index >= 15 is 0 Å². The Morgan fingerprint density at radius 2 is 2.04 bits per heavy atom. The highest BCUT2D eigenvalue weighted by Crippen LogP contribution is 2.35. The van der Waals surface area contributed by atoms with E-state index in [2.05, 4.69) is 21.4 Å². The molecule has 6 nitrogen and oxygen atoms in total. The van der Waals surface area contributed by atoms with Crippen LogP contribution in [0.2, 0.25) is 0 Å². The standard InChI is InChI=1S/C21H20N6S/c1-12-4-3-9-23-18(12)20-25-14-10-17(24-11-15(14)28-20)26-16-6-5-13-7-8-21(2,22)19(13)27-16/h3-6,9-11H,7-8,22H2,1-2H3,(H,24,26,27)/t21-/m0/s1. The molecule has 0 fully saturated rings. The van der Waals surface area contributed by atoms with Gasteiger partial charge in [0.2, 0.25) is 0 Å². The molecule has 0 saturated heterocycles. The second-order valence-electron chi connectivity index (χ2n) is 7.47. The lowest BCUT2D eigenvalue weighted by Gasteiger charge is -2.18. The van der Waals surface area contributed by atoms with E-state index in [1.807, 2.05) is 44.3 Å². The molecule has 4 heterocycles. The molecule has 0 unspecified atom stereocenters. The van der Waals surface area contributed by atoms with E-state index in [9.17, 15) is 0 Å². The molecule has 1 atom stereocenters. The summed E-state index contributed by atoms with van der Waals surface area (Å²) in [4.78, 5) is 18.5. The molecule has 28 heavy (non-hydrogen) atoms. The number of nitrogens with two attached hydrogens (primary N) is 1. The van der Waals surface area contributed by atoms with Crippen molar-refractivity contribution in [2.45, 2.75) is 32.2 Å². The van der Waals surface area contributed by atoms with Gasteiger partial charge in [-0.3, -0.25) is 4.98 Å². The highest BCUT2D eigenvalue weighted by atomic mass is 32.1. The monoisotopic (exact) mass is 388 g/mol. The van der Waals surface area contributed by atoms with Gasteiger partial charge in [0.25, 0.3) is 0 Å². The molecule has 7 heteroatoms. The van der Waals surface area contributed by atoms with Crippen molar-refractivity contribution in [3.8, 4) is 10.7 Å². The first-order valence-corrected chi connectivity index (χ1v) is 10.1. The average molecular weight is 389 g/mol. The van der Waals surface area contributed by atoms with Crippen LogP contribution in [0, 0.1) is 6.92 Å². The van der Waals surface area contributed by atoms with Crippen LogP contribution < -0.4 is 11.1 Å². The van der Waals surface area contributed by atoms with E-state index in [-0.39, 0.29) is 5.54 Å². The molecular formula is C21H20N6S. The topological polar surface area (TPSA) is 89.6 Å². The van der Waals surface area contributed by atoms with Gasteiger partial charge in [0.05, 0.1) is 21.4 Å². The van der Waals surface area contributed by atoms with Crippen LogP contribution >= 0.6 is 11.3 Å². The number of aromatic nitrogens is 4. The molecule has 0 aliphatic heterocycles. The Labute approximate surface area is 166 Å². The number of anilines is 2. The van der Waals surface area contributed by atoms with Crippen LogP contribution in [-0.2, 0) is 12.0 Å². The van der Waals surface area contributed by atoms with Gasteiger partial charge >= 0.3 is 0 Å². The van der Waals surface area contributed by atoms with Crippen molar-refractivity contribution in [3.05, 3.63) is 59.5 Å². The van der Waals surface area contributed by atoms with Gasteiger partial charge in [-0.05, 0) is 49.9 Å². The van der Waals surface area contributed by atoms with Crippen molar-refractivity contribution in [1.82, 2.24) is 19.9 Å². The number of rotatable bonds is 3. The van der Waals surface area contributed by atoms with Crippen LogP contribution in [0.15, 0.2) is 42.7 Å². The zero-order valence-corrected chi connectivity index (χ0v) is 16.5. The summed E-state index contributed by atoms with van der Waals surface area (Å²) in [6, 6.07) is 10.0. The Balaban J connectivity index is 1.47. The molecule has 0 aromatic carbocycles. The van der Waals surface area contributed by atoms with Crippen molar-refractivity contribution >= 4 is 33.2 Å². The number of aryl methyl sites for hydroxylation is 2. The summed E-state index contributed by atoms with van der Waals surface area (Å²) in [6.07, 6.45) is 5.55. The third-order valence-corrected chi connectivity index (χ3v) is 6.19. The normalized spacial score (nSPS) is 18.4. The number of nitrogens with one attached hydrogen (secondary N) is 1. The predicted molar refractivity (Wildman–Crippen MR) is 113 cm³/mol. The quantitative estimate of drug-likeness (QED) is 0.543. The van der Waals surface area contributed by atoms with Crippen molar-refractivity contribution < 1.29 is 0 Å². The van der Waals surface area contributed by atoms with E-state index < -0.39 is 0 Å². The smallest absolute Gasteiger partial charge is 0.143 e. The Morgan fingerprint density at radius 1 is 1.14 bits per heavy atom. The molecule has 1 aliphatic rings. The molecular weight excluding hydrogens is 368 g/mol. The minimum atomic E-state index is -0.366. The highest BCUT2D eigenvalue weighted by Gasteiger charge is 2.32. The Kier molecular flexibility index (Phi) is 3.89. The van der Waals surface area contributed by atoms with Gasteiger partial charge in [0, 0.05) is 18.5 Å². The van der Waals surface area contributed by atoms with Crippen LogP contribution in [0.3, 0.4) is 0 Å². The van der Waals surface area contributed by atoms with Crippen molar-refractivity contribution in [1.29, 1.82) is 0 Å². The van der Waals surface area contributed by atoms with Gasteiger partial charge in [0.15, 0.2) is 0 Å². The summed E-state index contributed by atoms with van der Waals surface area (Å²) in [5.74, 6) is 1.46. The van der Waals surface area contributed by atoms with E-state index in [0.29, 0.717) is 5.82 Å². The van der Waals surface area contributed by atoms with Crippen LogP contribution in [0.4, 0.5) is 11.6 Å². The molecule has 4 aromatic rings. The SMILES string of the molecule is Cc1cccnc1-c1nc2cc(Nc3ccc4c(n3)[C@@](C)(N)CC4)ncc2s1. The third kappa shape index (κ3) is 2.93. The first-order valence-electron chi connectivity index (χ1n) is 9.24. The van der Waals surface area contributed by atoms with Crippen molar-refractivity contribution in [2.75, 3.05) is 5.32 Å². The lowest BCUT2D eigenvalue weighted by atomic mass is 10.0. The van der Waals surface area contributed by atoms with Crippen LogP contribution in [0.1, 0.15) is 30.2 Å². The summed E-state index contributed by atoms with van der Waals surface area (Å²) in [5, 5.41) is 4.20. The second kappa shape index (κ2) is 6.32. The molecule has 0 saturated carbocycles. The number of fused-ring (bicyclic) bond motifs is 2. The molecule has 4 aromatic heterocycles. The number of nitrogens with zero attached hydrogens (tertiary/aromatic N) is 4. The van der Waals surface area contributed by atoms with Gasteiger partial charge in [-0.15, -0.1) is 11.3 Å². The fraction of sp³-hybridized carbons (Fsp3) is 0.238. The van der Waals surface area contributed by atoms with Crippen LogP contribution in [0.5, 0.6) is 0 Å². The maximum atomic E-state index is 6.38. The minimum Gasteiger partial charge on any atom is -0.325 e. The summed E-state index contributed by atoms with van der Waals surface area (Å²) >= 11 is 1.60. The van der Waals surface area contributed by atoms with Crippen LogP contribution in [-0.4, -0.2) is 19.9 Å². The summed E-state index contributed by atoms with van der Waals surface area (Å²) < 4.78 is 1.03. The fourth-order valence-corrected chi connectivity index (χ4v) is 4.59. The molecule has 5 rings (SSSR count). The Bertz CT molecular complexity index is 1200. The summed E-state index contributed by atoms with van der Waals surface area (Å²) in [7, 11) is 0. The van der Waals surface area contributed by atoms with Gasteiger partial charge in [-0.1, -0.05) is 12.1 Å². The highest BCUT2D eigenvalue weighted by molar-refractivity contribution is 7.21. The van der Waals surface area contributed by atoms with Crippen LogP contribution in [0.25, 0.3) is 20.9 Å². The lowest BCUT2D eigenvalue weighted by molar-refractivity contribution is 0.480. The van der Waals surface area contributed by atoms with E-state index in [0.717, 1.165) is 50.8 Å². The van der Waals surface area contributed by atoms with E-state index in [1.165, 1.54) is 5.56 Å². The first-order chi connectivity index (χ1) is 13.5. The maximum Gasteiger partial charge on any atom is 0.143 e. The van der Waals surface area contributed by atoms with E-state index in [4.69, 9.17) is 15.7 Å². The minimum absolute atomic E-state index is 0.366. The van der Waals surface area contributed by atoms with E-state index in [1.54, 1.807) is 17.5 Å². The van der Waals surface area contributed by atoms with Gasteiger partial charge < -0.3 is 11.1 Å². The number of hydrogen-bond donors (Lipinski definition) is 2. The Hall–Kier alpha value is -2.90. The lowest BCUT2D eigenvalue weighted by Crippen LogP contribution is -2.30. The molecule has 1 aliphatic carbocycles. The number of hydrogen-bond acceptors (Lipinski definition) is 7.